The summed E-state index contributed by atoms with van der Waals surface area (Å²) < 4.78 is 49.7. The quantitative estimate of drug-likeness (QED) is 0.655. The fraction of sp³-hybridized carbons (Fsp3) is 0.381. The number of piperidine rings is 1. The Bertz CT molecular complexity index is 827. The molecule has 4 nitrogen and oxygen atoms in total. The number of ether oxygens (including phenoxy) is 2. The Labute approximate surface area is 172 Å². The van der Waals surface area contributed by atoms with Crippen LogP contribution < -0.4 is 4.74 Å². The van der Waals surface area contributed by atoms with Crippen LogP contribution in [0.3, 0.4) is 0 Å². The molecule has 1 amide bonds. The van der Waals surface area contributed by atoms with Gasteiger partial charge < -0.3 is 14.4 Å². The molecule has 156 valence electrons. The molecule has 2 aromatic carbocycles. The minimum atomic E-state index is -4.38. The first-order chi connectivity index (χ1) is 13.8. The zero-order chi connectivity index (χ0) is 20.9. The van der Waals surface area contributed by atoms with Gasteiger partial charge in [0.05, 0.1) is 18.3 Å². The zero-order valence-corrected chi connectivity index (χ0v) is 16.4. The number of hydrogen-bond acceptors (Lipinski definition) is 3. The number of carbonyl (C=O) groups is 1. The Morgan fingerprint density at radius 2 is 1.93 bits per heavy atom. The maximum Gasteiger partial charge on any atom is 0.416 e. The highest BCUT2D eigenvalue weighted by molar-refractivity contribution is 6.30. The normalized spacial score (nSPS) is 17.2. The summed E-state index contributed by atoms with van der Waals surface area (Å²) >= 11 is 5.82. The van der Waals surface area contributed by atoms with E-state index >= 15 is 0 Å². The van der Waals surface area contributed by atoms with Crippen LogP contribution in [-0.2, 0) is 22.3 Å². The van der Waals surface area contributed by atoms with Gasteiger partial charge in [0.15, 0.2) is 6.61 Å². The average Bonchev–Trinajstić information content (AvgIpc) is 2.71. The van der Waals surface area contributed by atoms with Crippen molar-refractivity contribution in [3.05, 3.63) is 64.7 Å². The lowest BCUT2D eigenvalue weighted by Crippen LogP contribution is -2.45. The molecule has 0 bridgehead atoms. The standard InChI is InChI=1S/C21H21ClF3NO3/c22-17-6-8-18(9-7-17)29-14-20(27)26-10-2-5-19(12-26)28-13-15-3-1-4-16(11-15)21(23,24)25/h1,3-4,6-9,11,19H,2,5,10,12-14H2/t19-/m0/s1. The van der Waals surface area contributed by atoms with Crippen molar-refractivity contribution in [2.45, 2.75) is 31.7 Å². The summed E-state index contributed by atoms with van der Waals surface area (Å²) in [5, 5.41) is 0.584. The van der Waals surface area contributed by atoms with Gasteiger partial charge in [-0.25, -0.2) is 0 Å². The number of nitrogens with zero attached hydrogens (tertiary/aromatic N) is 1. The Morgan fingerprint density at radius 3 is 2.66 bits per heavy atom. The number of carbonyl (C=O) groups excluding carboxylic acids is 1. The van der Waals surface area contributed by atoms with Crippen LogP contribution in [0.4, 0.5) is 13.2 Å². The minimum Gasteiger partial charge on any atom is -0.484 e. The largest absolute Gasteiger partial charge is 0.484 e. The van der Waals surface area contributed by atoms with Crippen LogP contribution in [0.5, 0.6) is 5.75 Å². The van der Waals surface area contributed by atoms with Crippen molar-refractivity contribution < 1.29 is 27.4 Å². The Kier molecular flexibility index (Phi) is 7.03. The number of amides is 1. The zero-order valence-electron chi connectivity index (χ0n) is 15.6. The van der Waals surface area contributed by atoms with Gasteiger partial charge in [-0.05, 0) is 54.8 Å². The molecule has 0 unspecified atom stereocenters. The summed E-state index contributed by atoms with van der Waals surface area (Å²) in [4.78, 5) is 14.1. The van der Waals surface area contributed by atoms with Crippen LogP contribution in [0.25, 0.3) is 0 Å². The lowest BCUT2D eigenvalue weighted by molar-refractivity contribution is -0.139. The number of hydrogen-bond donors (Lipinski definition) is 0. The van der Waals surface area contributed by atoms with Gasteiger partial charge in [-0.2, -0.15) is 13.2 Å². The first-order valence-corrected chi connectivity index (χ1v) is 9.63. The van der Waals surface area contributed by atoms with Crippen molar-refractivity contribution in [2.75, 3.05) is 19.7 Å². The van der Waals surface area contributed by atoms with Gasteiger partial charge in [-0.3, -0.25) is 4.79 Å². The molecule has 1 heterocycles. The molecule has 0 N–H and O–H groups in total. The molecule has 1 fully saturated rings. The third-order valence-electron chi connectivity index (χ3n) is 4.65. The summed E-state index contributed by atoms with van der Waals surface area (Å²) in [7, 11) is 0. The number of rotatable bonds is 6. The molecular weight excluding hydrogens is 407 g/mol. The fourth-order valence-corrected chi connectivity index (χ4v) is 3.25. The molecule has 8 heteroatoms. The van der Waals surface area contributed by atoms with E-state index in [1.165, 1.54) is 6.07 Å². The topological polar surface area (TPSA) is 38.8 Å². The Balaban J connectivity index is 1.48. The molecule has 0 radical (unpaired) electrons. The van der Waals surface area contributed by atoms with E-state index in [2.05, 4.69) is 0 Å². The average molecular weight is 428 g/mol. The van der Waals surface area contributed by atoms with Crippen LogP contribution in [0, 0.1) is 0 Å². The Hall–Kier alpha value is -2.25. The highest BCUT2D eigenvalue weighted by atomic mass is 35.5. The van der Waals surface area contributed by atoms with E-state index in [1.807, 2.05) is 0 Å². The highest BCUT2D eigenvalue weighted by Crippen LogP contribution is 2.29. The molecule has 3 rings (SSSR count). The summed E-state index contributed by atoms with van der Waals surface area (Å²) in [6.45, 7) is 0.966. The predicted molar refractivity (Wildman–Crippen MR) is 103 cm³/mol. The molecule has 0 aromatic heterocycles. The third-order valence-corrected chi connectivity index (χ3v) is 4.90. The molecule has 29 heavy (non-hydrogen) atoms. The Morgan fingerprint density at radius 1 is 1.17 bits per heavy atom. The number of likely N-dealkylation sites (tertiary alicyclic amines) is 1. The van der Waals surface area contributed by atoms with Crippen molar-refractivity contribution in [3.8, 4) is 5.75 Å². The lowest BCUT2D eigenvalue weighted by atomic mass is 10.1. The predicted octanol–water partition coefficient (Wildman–Crippen LogP) is 4.95. The third kappa shape index (κ3) is 6.37. The first-order valence-electron chi connectivity index (χ1n) is 9.25. The van der Waals surface area contributed by atoms with Gasteiger partial charge in [-0.15, -0.1) is 0 Å². The van der Waals surface area contributed by atoms with Gasteiger partial charge >= 0.3 is 6.18 Å². The van der Waals surface area contributed by atoms with Gasteiger partial charge in [0.1, 0.15) is 5.75 Å². The molecular formula is C21H21ClF3NO3. The van der Waals surface area contributed by atoms with Crippen LogP contribution in [0.15, 0.2) is 48.5 Å². The van der Waals surface area contributed by atoms with E-state index in [4.69, 9.17) is 21.1 Å². The second-order valence-electron chi connectivity index (χ2n) is 6.86. The SMILES string of the molecule is O=C(COc1ccc(Cl)cc1)N1CCC[C@H](OCc2cccc(C(F)(F)F)c2)C1. The van der Waals surface area contributed by atoms with Gasteiger partial charge in [0.25, 0.3) is 5.91 Å². The van der Waals surface area contributed by atoms with Crippen molar-refractivity contribution in [1.29, 1.82) is 0 Å². The van der Waals surface area contributed by atoms with Crippen LogP contribution in [0.2, 0.25) is 5.02 Å². The van der Waals surface area contributed by atoms with Crippen molar-refractivity contribution in [2.24, 2.45) is 0 Å². The van der Waals surface area contributed by atoms with E-state index in [0.717, 1.165) is 25.0 Å². The van der Waals surface area contributed by atoms with Crippen LogP contribution >= 0.6 is 11.6 Å². The maximum atomic E-state index is 12.8. The van der Waals surface area contributed by atoms with Crippen molar-refractivity contribution in [3.63, 3.8) is 0 Å². The van der Waals surface area contributed by atoms with Crippen LogP contribution in [-0.4, -0.2) is 36.6 Å². The molecule has 1 aliphatic rings. The fourth-order valence-electron chi connectivity index (χ4n) is 3.12. The molecule has 1 aliphatic heterocycles. The van der Waals surface area contributed by atoms with Crippen molar-refractivity contribution >= 4 is 17.5 Å². The molecule has 0 spiro atoms. The molecule has 1 atom stereocenters. The summed E-state index contributed by atoms with van der Waals surface area (Å²) in [6.07, 6.45) is -3.09. The van der Waals surface area contributed by atoms with Gasteiger partial charge in [-0.1, -0.05) is 23.7 Å². The van der Waals surface area contributed by atoms with E-state index in [1.54, 1.807) is 35.2 Å². The van der Waals surface area contributed by atoms with E-state index in [-0.39, 0.29) is 25.2 Å². The minimum absolute atomic E-state index is 0.0674. The second-order valence-corrected chi connectivity index (χ2v) is 7.29. The van der Waals surface area contributed by atoms with E-state index in [9.17, 15) is 18.0 Å². The molecule has 0 aliphatic carbocycles. The van der Waals surface area contributed by atoms with Crippen LogP contribution in [0.1, 0.15) is 24.0 Å². The maximum absolute atomic E-state index is 12.8. The first kappa shape index (κ1) is 21.5. The van der Waals surface area contributed by atoms with Crippen molar-refractivity contribution in [1.82, 2.24) is 4.90 Å². The molecule has 2 aromatic rings. The summed E-state index contributed by atoms with van der Waals surface area (Å²) in [5.41, 5.74) is -0.243. The van der Waals surface area contributed by atoms with Gasteiger partial charge in [0.2, 0.25) is 0 Å². The lowest BCUT2D eigenvalue weighted by Gasteiger charge is -2.32. The van der Waals surface area contributed by atoms with Gasteiger partial charge in [0, 0.05) is 18.1 Å². The number of benzene rings is 2. The monoisotopic (exact) mass is 427 g/mol. The smallest absolute Gasteiger partial charge is 0.416 e. The summed E-state index contributed by atoms with van der Waals surface area (Å²) in [6, 6.07) is 11.8. The highest BCUT2D eigenvalue weighted by Gasteiger charge is 2.30. The second kappa shape index (κ2) is 9.50. The molecule has 0 saturated carbocycles. The summed E-state index contributed by atoms with van der Waals surface area (Å²) in [5.74, 6) is 0.393. The number of halogens is 4. The molecule has 1 saturated heterocycles. The van der Waals surface area contributed by atoms with E-state index in [0.29, 0.717) is 29.4 Å². The van der Waals surface area contributed by atoms with E-state index < -0.39 is 11.7 Å². The number of alkyl halides is 3.